The van der Waals surface area contributed by atoms with Crippen molar-refractivity contribution in [3.63, 3.8) is 0 Å². The molecule has 0 fully saturated rings. The smallest absolute Gasteiger partial charge is 0.306 e. The Labute approximate surface area is 238 Å². The van der Waals surface area contributed by atoms with Gasteiger partial charge < -0.3 is 14.9 Å². The summed E-state index contributed by atoms with van der Waals surface area (Å²) in [5.74, 6) is -2.48. The fourth-order valence-corrected chi connectivity index (χ4v) is 4.34. The average molecular weight is 549 g/mol. The van der Waals surface area contributed by atoms with Crippen molar-refractivity contribution in [2.24, 2.45) is 0 Å². The zero-order valence-corrected chi connectivity index (χ0v) is 24.2. The van der Waals surface area contributed by atoms with Gasteiger partial charge in [-0.3, -0.25) is 14.4 Å². The average Bonchev–Trinajstić information content (AvgIpc) is 2.92. The number of carbonyl (C=O) groups is 3. The topological polar surface area (TPSA) is 101 Å². The second kappa shape index (κ2) is 17.8. The Morgan fingerprint density at radius 2 is 1.43 bits per heavy atom. The Bertz CT molecular complexity index is 1160. The first-order valence-corrected chi connectivity index (χ1v) is 14.4. The van der Waals surface area contributed by atoms with E-state index in [4.69, 9.17) is 4.74 Å². The summed E-state index contributed by atoms with van der Waals surface area (Å²) in [4.78, 5) is 38.5. The number of hydrogen-bond donors (Lipinski definition) is 2. The summed E-state index contributed by atoms with van der Waals surface area (Å²) in [7, 11) is 0. The van der Waals surface area contributed by atoms with Crippen LogP contribution in [-0.4, -0.2) is 33.9 Å². The number of carbonyl (C=O) groups excluding carboxylic acids is 3. The van der Waals surface area contributed by atoms with Crippen molar-refractivity contribution < 1.29 is 29.3 Å². The number of fused-ring (bicyclic) bond motifs is 1. The quantitative estimate of drug-likeness (QED) is 0.0879. The standard InChI is InChI=1S/C34H44O6/c1-4-5-6-7-8-9-10-11-12-13-14-15-16-17-18-19-31(38)40-30(23-20-25(2)3)26-24-29(37)32-27(35)21-22-28(36)33(32)34(26)39/h8-9,11-12,14-15,20-22,24,30,35-36H,4-7,10,13,16-19,23H2,1-3H3/b9-8+,12-11+,15-14+/t30-/m1/s1. The monoisotopic (exact) mass is 548 g/mol. The molecule has 0 bridgehead atoms. The van der Waals surface area contributed by atoms with Crippen LogP contribution in [0.2, 0.25) is 0 Å². The number of ether oxygens (including phenoxy) is 1. The molecule has 1 aromatic rings. The van der Waals surface area contributed by atoms with Crippen molar-refractivity contribution in [3.05, 3.63) is 83.0 Å². The van der Waals surface area contributed by atoms with Crippen LogP contribution in [0.4, 0.5) is 0 Å². The van der Waals surface area contributed by atoms with Crippen LogP contribution in [0.15, 0.2) is 71.9 Å². The molecule has 0 unspecified atom stereocenters. The van der Waals surface area contributed by atoms with E-state index in [0.717, 1.165) is 49.8 Å². The Balaban J connectivity index is 1.83. The molecule has 40 heavy (non-hydrogen) atoms. The number of Topliss-reactive ketones (excluding diaryl/α,β-unsaturated/α-hetero) is 1. The molecule has 6 heteroatoms. The predicted molar refractivity (Wildman–Crippen MR) is 160 cm³/mol. The lowest BCUT2D eigenvalue weighted by Gasteiger charge is -2.23. The lowest BCUT2D eigenvalue weighted by Crippen LogP contribution is -2.29. The number of allylic oxidation sites excluding steroid dienone is 8. The van der Waals surface area contributed by atoms with Crippen LogP contribution in [0.25, 0.3) is 0 Å². The molecule has 1 aromatic carbocycles. The molecule has 0 radical (unpaired) electrons. The number of hydrogen-bond acceptors (Lipinski definition) is 6. The highest BCUT2D eigenvalue weighted by atomic mass is 16.5. The molecule has 2 rings (SSSR count). The van der Waals surface area contributed by atoms with Crippen LogP contribution >= 0.6 is 0 Å². The molecule has 0 heterocycles. The SMILES string of the molecule is CCCCC/C=C/C/C=C/C/C=C/CCCCC(=O)O[C@H](CC=C(C)C)C1=CC(=O)c2c(O)ccc(O)c2C1=O. The Hall–Kier alpha value is -3.67. The minimum Gasteiger partial charge on any atom is -0.507 e. The summed E-state index contributed by atoms with van der Waals surface area (Å²) in [6.07, 6.45) is 24.6. The second-order valence-corrected chi connectivity index (χ2v) is 10.3. The van der Waals surface area contributed by atoms with Gasteiger partial charge in [-0.05, 0) is 77.0 Å². The number of phenols is 2. The summed E-state index contributed by atoms with van der Waals surface area (Å²) in [5.41, 5.74) is 0.463. The van der Waals surface area contributed by atoms with E-state index in [2.05, 4.69) is 43.4 Å². The number of ketones is 2. The van der Waals surface area contributed by atoms with Gasteiger partial charge in [0.15, 0.2) is 11.6 Å². The van der Waals surface area contributed by atoms with Gasteiger partial charge in [-0.1, -0.05) is 67.9 Å². The lowest BCUT2D eigenvalue weighted by molar-refractivity contribution is -0.147. The zero-order valence-electron chi connectivity index (χ0n) is 24.2. The molecule has 1 aliphatic carbocycles. The number of aromatic hydroxyl groups is 2. The minimum atomic E-state index is -0.966. The van der Waals surface area contributed by atoms with Crippen LogP contribution in [0, 0.1) is 0 Å². The Morgan fingerprint density at radius 1 is 0.850 bits per heavy atom. The van der Waals surface area contributed by atoms with Crippen LogP contribution in [0.5, 0.6) is 11.5 Å². The van der Waals surface area contributed by atoms with Gasteiger partial charge in [0.1, 0.15) is 17.6 Å². The molecule has 0 aliphatic heterocycles. The summed E-state index contributed by atoms with van der Waals surface area (Å²) in [6, 6.07) is 2.33. The number of rotatable bonds is 17. The minimum absolute atomic E-state index is 0.00720. The number of esters is 1. The molecule has 0 saturated carbocycles. The summed E-state index contributed by atoms with van der Waals surface area (Å²) in [6.45, 7) is 5.98. The maximum absolute atomic E-state index is 13.2. The number of unbranched alkanes of at least 4 members (excludes halogenated alkanes) is 5. The van der Waals surface area contributed by atoms with Gasteiger partial charge in [-0.2, -0.15) is 0 Å². The van der Waals surface area contributed by atoms with Gasteiger partial charge in [0.2, 0.25) is 0 Å². The molecule has 216 valence electrons. The second-order valence-electron chi connectivity index (χ2n) is 10.3. The van der Waals surface area contributed by atoms with E-state index in [9.17, 15) is 24.6 Å². The van der Waals surface area contributed by atoms with Crippen LogP contribution in [-0.2, 0) is 9.53 Å². The van der Waals surface area contributed by atoms with Crippen molar-refractivity contribution in [1.29, 1.82) is 0 Å². The first-order chi connectivity index (χ1) is 19.3. The van der Waals surface area contributed by atoms with Gasteiger partial charge in [0.05, 0.1) is 11.1 Å². The van der Waals surface area contributed by atoms with Gasteiger partial charge in [-0.25, -0.2) is 0 Å². The molecule has 0 amide bonds. The van der Waals surface area contributed by atoms with Gasteiger partial charge in [-0.15, -0.1) is 0 Å². The fourth-order valence-electron chi connectivity index (χ4n) is 4.34. The predicted octanol–water partition coefficient (Wildman–Crippen LogP) is 8.26. The number of benzene rings is 1. The fraction of sp³-hybridized carbons (Fsp3) is 0.441. The van der Waals surface area contributed by atoms with E-state index < -0.39 is 29.4 Å². The normalized spacial score (nSPS) is 14.1. The third kappa shape index (κ3) is 10.8. The van der Waals surface area contributed by atoms with Crippen LogP contribution < -0.4 is 0 Å². The van der Waals surface area contributed by atoms with E-state index >= 15 is 0 Å². The van der Waals surface area contributed by atoms with E-state index in [-0.39, 0.29) is 35.3 Å². The Morgan fingerprint density at radius 3 is 2.02 bits per heavy atom. The molecular weight excluding hydrogens is 504 g/mol. The van der Waals surface area contributed by atoms with Crippen molar-refractivity contribution in [3.8, 4) is 11.5 Å². The van der Waals surface area contributed by atoms with Crippen LogP contribution in [0.3, 0.4) is 0 Å². The largest absolute Gasteiger partial charge is 0.507 e. The van der Waals surface area contributed by atoms with E-state index in [1.807, 2.05) is 19.9 Å². The molecular formula is C34H44O6. The lowest BCUT2D eigenvalue weighted by atomic mass is 9.85. The third-order valence-corrected chi connectivity index (χ3v) is 6.56. The van der Waals surface area contributed by atoms with E-state index in [0.29, 0.717) is 6.42 Å². The van der Waals surface area contributed by atoms with Crippen molar-refractivity contribution in [1.82, 2.24) is 0 Å². The molecule has 0 saturated heterocycles. The van der Waals surface area contributed by atoms with Crippen LogP contribution in [0.1, 0.15) is 112 Å². The van der Waals surface area contributed by atoms with Crippen molar-refractivity contribution in [2.45, 2.75) is 97.5 Å². The highest BCUT2D eigenvalue weighted by Crippen LogP contribution is 2.36. The van der Waals surface area contributed by atoms with Crippen molar-refractivity contribution in [2.75, 3.05) is 0 Å². The molecule has 1 atom stereocenters. The van der Waals surface area contributed by atoms with Gasteiger partial charge in [0.25, 0.3) is 0 Å². The van der Waals surface area contributed by atoms with Gasteiger partial charge in [0, 0.05) is 18.4 Å². The summed E-state index contributed by atoms with van der Waals surface area (Å²) in [5, 5.41) is 20.3. The highest BCUT2D eigenvalue weighted by molar-refractivity contribution is 6.27. The highest BCUT2D eigenvalue weighted by Gasteiger charge is 2.35. The first kappa shape index (κ1) is 32.5. The molecule has 1 aliphatic rings. The summed E-state index contributed by atoms with van der Waals surface area (Å²) < 4.78 is 5.66. The third-order valence-electron chi connectivity index (χ3n) is 6.56. The zero-order chi connectivity index (χ0) is 29.3. The molecule has 6 nitrogen and oxygen atoms in total. The van der Waals surface area contributed by atoms with Gasteiger partial charge >= 0.3 is 5.97 Å². The Kier molecular flexibility index (Phi) is 14.5. The molecule has 0 spiro atoms. The summed E-state index contributed by atoms with van der Waals surface area (Å²) >= 11 is 0. The van der Waals surface area contributed by atoms with E-state index in [1.54, 1.807) is 0 Å². The maximum Gasteiger partial charge on any atom is 0.306 e. The maximum atomic E-state index is 13.2. The van der Waals surface area contributed by atoms with E-state index in [1.165, 1.54) is 25.3 Å². The van der Waals surface area contributed by atoms with Crippen molar-refractivity contribution >= 4 is 17.5 Å². The molecule has 2 N–H and O–H groups in total. The number of phenolic OH excluding ortho intramolecular Hbond substituents is 2. The molecule has 0 aromatic heterocycles. The first-order valence-electron chi connectivity index (χ1n) is 14.4.